The highest BCUT2D eigenvalue weighted by Crippen LogP contribution is 2.28. The van der Waals surface area contributed by atoms with Gasteiger partial charge in [-0.2, -0.15) is 0 Å². The highest BCUT2D eigenvalue weighted by molar-refractivity contribution is 7.92. The van der Waals surface area contributed by atoms with E-state index in [1.54, 1.807) is 18.2 Å². The van der Waals surface area contributed by atoms with Crippen LogP contribution in [0.4, 0.5) is 10.1 Å². The van der Waals surface area contributed by atoms with Crippen molar-refractivity contribution in [2.75, 3.05) is 24.5 Å². The fraction of sp³-hybridized carbons (Fsp3) is 0.257. The second-order valence-corrected chi connectivity index (χ2v) is 13.4. The number of sulfonamides is 1. The average molecular weight is 666 g/mol. The van der Waals surface area contributed by atoms with Gasteiger partial charge in [0.25, 0.3) is 10.0 Å². The van der Waals surface area contributed by atoms with Crippen LogP contribution in [0.25, 0.3) is 0 Å². The first-order valence-electron chi connectivity index (χ1n) is 14.8. The van der Waals surface area contributed by atoms with E-state index in [0.717, 1.165) is 9.87 Å². The van der Waals surface area contributed by atoms with Crippen molar-refractivity contribution in [3.63, 3.8) is 0 Å². The molecule has 0 aliphatic rings. The summed E-state index contributed by atoms with van der Waals surface area (Å²) >= 11 is 6.26. The highest BCUT2D eigenvalue weighted by Gasteiger charge is 2.35. The number of carbonyl (C=O) groups excluding carboxylic acids is 2. The molecule has 0 unspecified atom stereocenters. The molecule has 0 heterocycles. The summed E-state index contributed by atoms with van der Waals surface area (Å²) < 4.78 is 49.4. The molecule has 0 aliphatic carbocycles. The van der Waals surface area contributed by atoms with E-state index in [9.17, 15) is 18.0 Å². The van der Waals surface area contributed by atoms with Crippen LogP contribution >= 0.6 is 11.6 Å². The molecule has 0 saturated carbocycles. The number of anilines is 1. The number of hydrogen-bond donors (Lipinski definition) is 1. The molecule has 1 N–H and O–H groups in total. The summed E-state index contributed by atoms with van der Waals surface area (Å²) in [6.07, 6.45) is 0.118. The van der Waals surface area contributed by atoms with Gasteiger partial charge in [-0.25, -0.2) is 12.8 Å². The lowest BCUT2D eigenvalue weighted by atomic mass is 10.0. The number of hydrogen-bond acceptors (Lipinski definition) is 5. The fourth-order valence-electron chi connectivity index (χ4n) is 4.82. The minimum atomic E-state index is -4.33. The molecular formula is C35H37ClFN3O5S. The first-order valence-corrected chi connectivity index (χ1v) is 16.6. The lowest BCUT2D eigenvalue weighted by Gasteiger charge is -2.34. The third-order valence-electron chi connectivity index (χ3n) is 7.28. The topological polar surface area (TPSA) is 96.0 Å². The predicted octanol–water partition coefficient (Wildman–Crippen LogP) is 6.10. The van der Waals surface area contributed by atoms with Crippen LogP contribution in [-0.2, 0) is 32.6 Å². The van der Waals surface area contributed by atoms with Gasteiger partial charge >= 0.3 is 0 Å². The quantitative estimate of drug-likeness (QED) is 0.176. The molecule has 2 amide bonds. The number of nitrogens with one attached hydrogen (secondary N) is 1. The van der Waals surface area contributed by atoms with E-state index in [-0.39, 0.29) is 40.1 Å². The highest BCUT2D eigenvalue weighted by atomic mass is 35.5. The van der Waals surface area contributed by atoms with Crippen LogP contribution in [0, 0.1) is 11.7 Å². The fourth-order valence-corrected chi connectivity index (χ4v) is 6.41. The second-order valence-electron chi connectivity index (χ2n) is 11.1. The Morgan fingerprint density at radius 3 is 2.22 bits per heavy atom. The molecule has 0 radical (unpaired) electrons. The smallest absolute Gasteiger partial charge is 0.264 e. The lowest BCUT2D eigenvalue weighted by molar-refractivity contribution is -0.140. The maximum absolute atomic E-state index is 15.0. The van der Waals surface area contributed by atoms with Crippen LogP contribution < -0.4 is 14.4 Å². The Hall–Kier alpha value is -4.41. The summed E-state index contributed by atoms with van der Waals surface area (Å²) in [6.45, 7) is 3.28. The van der Waals surface area contributed by atoms with Gasteiger partial charge in [0.1, 0.15) is 24.2 Å². The van der Waals surface area contributed by atoms with Crippen molar-refractivity contribution in [3.8, 4) is 5.75 Å². The van der Waals surface area contributed by atoms with Gasteiger partial charge in [0.15, 0.2) is 0 Å². The number of nitrogens with zero attached hydrogens (tertiary/aromatic N) is 2. The van der Waals surface area contributed by atoms with Crippen molar-refractivity contribution in [2.24, 2.45) is 5.92 Å². The van der Waals surface area contributed by atoms with E-state index < -0.39 is 40.2 Å². The monoisotopic (exact) mass is 665 g/mol. The number of rotatable bonds is 14. The molecule has 1 atom stereocenters. The van der Waals surface area contributed by atoms with E-state index in [1.807, 2.05) is 44.2 Å². The molecule has 46 heavy (non-hydrogen) atoms. The number of benzene rings is 4. The summed E-state index contributed by atoms with van der Waals surface area (Å²) in [7, 11) is -2.87. The van der Waals surface area contributed by atoms with Crippen LogP contribution in [0.2, 0.25) is 5.02 Å². The van der Waals surface area contributed by atoms with E-state index >= 15 is 4.39 Å². The molecule has 4 aromatic carbocycles. The van der Waals surface area contributed by atoms with Gasteiger partial charge in [-0.15, -0.1) is 0 Å². The Bertz CT molecular complexity index is 1740. The minimum absolute atomic E-state index is 0.0859. The van der Waals surface area contributed by atoms with Crippen LogP contribution in [-0.4, -0.2) is 51.4 Å². The minimum Gasteiger partial charge on any atom is -0.497 e. The molecule has 0 aromatic heterocycles. The molecule has 4 rings (SSSR count). The molecule has 0 fully saturated rings. The first-order chi connectivity index (χ1) is 22.0. The largest absolute Gasteiger partial charge is 0.497 e. The molecule has 8 nitrogen and oxygen atoms in total. The number of methoxy groups -OCH3 is 1. The summed E-state index contributed by atoms with van der Waals surface area (Å²) in [5.74, 6) is -1.11. The van der Waals surface area contributed by atoms with E-state index in [1.165, 1.54) is 66.6 Å². The maximum Gasteiger partial charge on any atom is 0.264 e. The molecule has 11 heteroatoms. The lowest BCUT2D eigenvalue weighted by Crippen LogP contribution is -2.53. The zero-order valence-electron chi connectivity index (χ0n) is 25.9. The third kappa shape index (κ3) is 8.86. The van der Waals surface area contributed by atoms with Gasteiger partial charge in [-0.05, 0) is 60.0 Å². The normalized spacial score (nSPS) is 12.0. The zero-order valence-corrected chi connectivity index (χ0v) is 27.5. The van der Waals surface area contributed by atoms with Crippen molar-refractivity contribution in [1.82, 2.24) is 10.2 Å². The van der Waals surface area contributed by atoms with Crippen molar-refractivity contribution < 1.29 is 27.1 Å². The maximum atomic E-state index is 15.0. The van der Waals surface area contributed by atoms with Gasteiger partial charge in [-0.1, -0.05) is 80.0 Å². The van der Waals surface area contributed by atoms with Gasteiger partial charge in [0, 0.05) is 30.1 Å². The van der Waals surface area contributed by atoms with E-state index in [0.29, 0.717) is 12.3 Å². The third-order valence-corrected chi connectivity index (χ3v) is 9.30. The average Bonchev–Trinajstić information content (AvgIpc) is 3.05. The number of halogens is 2. The predicted molar refractivity (Wildman–Crippen MR) is 178 cm³/mol. The zero-order chi connectivity index (χ0) is 33.3. The molecule has 0 spiro atoms. The standard InChI is InChI=1S/C35H37ClFN3O5S/c1-25(2)22-38-35(42)33(20-26-10-5-4-6-11-26)39(23-27-12-7-8-15-32(27)37)34(41)24-40(29-14-9-13-28(36)21-29)46(43,44)31-18-16-30(45-3)17-19-31/h4-19,21,25,33H,20,22-24H2,1-3H3,(H,38,42)/t33-/m0/s1. The molecule has 242 valence electrons. The van der Waals surface area contributed by atoms with Gasteiger partial charge in [0.2, 0.25) is 11.8 Å². The van der Waals surface area contributed by atoms with Crippen LogP contribution in [0.1, 0.15) is 25.0 Å². The van der Waals surface area contributed by atoms with Gasteiger partial charge in [-0.3, -0.25) is 13.9 Å². The van der Waals surface area contributed by atoms with Crippen LogP contribution in [0.5, 0.6) is 5.75 Å². The Morgan fingerprint density at radius 2 is 1.59 bits per heavy atom. The Labute approximate surface area is 274 Å². The molecule has 0 aliphatic heterocycles. The van der Waals surface area contributed by atoms with Crippen molar-refractivity contribution in [1.29, 1.82) is 0 Å². The van der Waals surface area contributed by atoms with E-state index in [2.05, 4.69) is 5.32 Å². The van der Waals surface area contributed by atoms with Crippen molar-refractivity contribution in [2.45, 2.75) is 37.8 Å². The van der Waals surface area contributed by atoms with Crippen molar-refractivity contribution >= 4 is 39.1 Å². The van der Waals surface area contributed by atoms with Gasteiger partial charge in [0.05, 0.1) is 17.7 Å². The first kappa shape index (κ1) is 34.5. The summed E-state index contributed by atoms with van der Waals surface area (Å²) in [6, 6.07) is 25.9. The Balaban J connectivity index is 1.81. The number of carbonyl (C=O) groups is 2. The van der Waals surface area contributed by atoms with E-state index in [4.69, 9.17) is 16.3 Å². The summed E-state index contributed by atoms with van der Waals surface area (Å²) in [4.78, 5) is 29.4. The number of ether oxygens (including phenoxy) is 1. The Kier molecular flexibility index (Phi) is 11.8. The summed E-state index contributed by atoms with van der Waals surface area (Å²) in [5, 5.41) is 3.17. The Morgan fingerprint density at radius 1 is 0.913 bits per heavy atom. The van der Waals surface area contributed by atoms with Crippen LogP contribution in [0.15, 0.2) is 108 Å². The number of amides is 2. The molecular weight excluding hydrogens is 629 g/mol. The molecule has 0 saturated heterocycles. The van der Waals surface area contributed by atoms with Gasteiger partial charge < -0.3 is 15.0 Å². The SMILES string of the molecule is COc1ccc(S(=O)(=O)N(CC(=O)N(Cc2ccccc2F)[C@@H](Cc2ccccc2)C(=O)NCC(C)C)c2cccc(Cl)c2)cc1. The molecule has 0 bridgehead atoms. The van der Waals surface area contributed by atoms with Crippen LogP contribution in [0.3, 0.4) is 0 Å². The summed E-state index contributed by atoms with van der Waals surface area (Å²) in [5.41, 5.74) is 1.10. The van der Waals surface area contributed by atoms with Crippen molar-refractivity contribution in [3.05, 3.63) is 125 Å². The molecule has 4 aromatic rings. The second kappa shape index (κ2) is 15.7.